The highest BCUT2D eigenvalue weighted by Crippen LogP contribution is 2.27. The molecule has 3 rings (SSSR count). The minimum atomic E-state index is -0.244. The minimum absolute atomic E-state index is 0.150. The summed E-state index contributed by atoms with van der Waals surface area (Å²) in [4.78, 5) is 23.0. The van der Waals surface area contributed by atoms with Crippen molar-refractivity contribution < 1.29 is 4.79 Å². The third-order valence-corrected chi connectivity index (χ3v) is 3.17. The van der Waals surface area contributed by atoms with Gasteiger partial charge in [0, 0.05) is 23.3 Å². The van der Waals surface area contributed by atoms with Gasteiger partial charge in [-0.3, -0.25) is 10.2 Å². The van der Waals surface area contributed by atoms with Crippen LogP contribution in [0.1, 0.15) is 5.56 Å². The van der Waals surface area contributed by atoms with Crippen molar-refractivity contribution in [3.05, 3.63) is 29.2 Å². The number of amidine groups is 1. The van der Waals surface area contributed by atoms with Crippen LogP contribution >= 0.6 is 11.8 Å². The number of rotatable bonds is 1. The van der Waals surface area contributed by atoms with E-state index in [9.17, 15) is 4.79 Å². The van der Waals surface area contributed by atoms with Crippen molar-refractivity contribution in [1.82, 2.24) is 20.3 Å². The Morgan fingerprint density at radius 3 is 3.12 bits per heavy atom. The zero-order valence-corrected chi connectivity index (χ0v) is 9.34. The zero-order valence-electron chi connectivity index (χ0n) is 8.52. The average molecular weight is 245 g/mol. The van der Waals surface area contributed by atoms with Crippen molar-refractivity contribution in [2.45, 2.75) is 0 Å². The maximum atomic E-state index is 11.5. The van der Waals surface area contributed by atoms with Gasteiger partial charge in [0.15, 0.2) is 5.17 Å². The van der Waals surface area contributed by atoms with Gasteiger partial charge in [-0.25, -0.2) is 9.97 Å². The van der Waals surface area contributed by atoms with Crippen LogP contribution in [0.2, 0.25) is 0 Å². The summed E-state index contributed by atoms with van der Waals surface area (Å²) in [5, 5.41) is 10.8. The van der Waals surface area contributed by atoms with Crippen molar-refractivity contribution in [2.24, 2.45) is 0 Å². The topological polar surface area (TPSA) is 94.5 Å². The van der Waals surface area contributed by atoms with Gasteiger partial charge in [-0.2, -0.15) is 0 Å². The Labute approximate surface area is 100 Å². The molecule has 2 aromatic rings. The number of fused-ring (bicyclic) bond motifs is 1. The van der Waals surface area contributed by atoms with Crippen LogP contribution in [0.25, 0.3) is 17.1 Å². The highest BCUT2D eigenvalue weighted by molar-refractivity contribution is 8.18. The molecule has 2 aromatic heterocycles. The van der Waals surface area contributed by atoms with E-state index in [-0.39, 0.29) is 11.1 Å². The predicted molar refractivity (Wildman–Crippen MR) is 65.3 cm³/mol. The molecule has 0 saturated carbocycles. The highest BCUT2D eigenvalue weighted by atomic mass is 32.2. The summed E-state index contributed by atoms with van der Waals surface area (Å²) in [5.41, 5.74) is 1.57. The quantitative estimate of drug-likeness (QED) is 0.655. The maximum absolute atomic E-state index is 11.5. The number of carbonyl (C=O) groups excluding carboxylic acids is 1. The Kier molecular flexibility index (Phi) is 2.19. The van der Waals surface area contributed by atoms with Gasteiger partial charge < -0.3 is 10.3 Å². The van der Waals surface area contributed by atoms with E-state index in [0.29, 0.717) is 4.91 Å². The Hall–Kier alpha value is -2.15. The molecule has 7 heteroatoms. The number of carbonyl (C=O) groups is 1. The number of H-pyrrole nitrogens is 1. The van der Waals surface area contributed by atoms with Crippen molar-refractivity contribution >= 4 is 39.9 Å². The number of aromatic nitrogens is 3. The molecule has 1 amide bonds. The average Bonchev–Trinajstić information content (AvgIpc) is 2.85. The number of thioether (sulfide) groups is 1. The van der Waals surface area contributed by atoms with E-state index in [0.717, 1.165) is 28.4 Å². The maximum Gasteiger partial charge on any atom is 0.264 e. The second-order valence-electron chi connectivity index (χ2n) is 3.42. The van der Waals surface area contributed by atoms with Crippen LogP contribution in [0.15, 0.2) is 23.6 Å². The number of hydrogen-bond donors (Lipinski definition) is 3. The largest absolute Gasteiger partial charge is 0.345 e. The third-order valence-electron chi connectivity index (χ3n) is 2.34. The summed E-state index contributed by atoms with van der Waals surface area (Å²) in [7, 11) is 0. The molecule has 0 aliphatic carbocycles. The first kappa shape index (κ1) is 10.0. The highest BCUT2D eigenvalue weighted by Gasteiger charge is 2.22. The van der Waals surface area contributed by atoms with E-state index >= 15 is 0 Å². The molecule has 0 bridgehead atoms. The van der Waals surface area contributed by atoms with Crippen LogP contribution in [-0.2, 0) is 4.79 Å². The number of amides is 1. The smallest absolute Gasteiger partial charge is 0.264 e. The summed E-state index contributed by atoms with van der Waals surface area (Å²) in [6.07, 6.45) is 6.64. The van der Waals surface area contributed by atoms with Crippen LogP contribution in [0.4, 0.5) is 0 Å². The van der Waals surface area contributed by atoms with E-state index in [2.05, 4.69) is 20.3 Å². The monoisotopic (exact) mass is 245 g/mol. The molecule has 6 nitrogen and oxygen atoms in total. The Morgan fingerprint density at radius 2 is 2.35 bits per heavy atom. The number of hydrogen-bond acceptors (Lipinski definition) is 5. The molecule has 84 valence electrons. The molecule has 3 N–H and O–H groups in total. The Morgan fingerprint density at radius 1 is 1.47 bits per heavy atom. The van der Waals surface area contributed by atoms with Gasteiger partial charge in [-0.1, -0.05) is 0 Å². The first-order chi connectivity index (χ1) is 8.24. The lowest BCUT2D eigenvalue weighted by Gasteiger charge is -1.91. The van der Waals surface area contributed by atoms with Crippen molar-refractivity contribution in [3.8, 4) is 0 Å². The second kappa shape index (κ2) is 3.70. The van der Waals surface area contributed by atoms with Gasteiger partial charge in [0.25, 0.3) is 5.91 Å². The third kappa shape index (κ3) is 1.70. The van der Waals surface area contributed by atoms with Gasteiger partial charge >= 0.3 is 0 Å². The molecule has 1 aliphatic heterocycles. The van der Waals surface area contributed by atoms with Crippen molar-refractivity contribution in [2.75, 3.05) is 0 Å². The Balaban J connectivity index is 2.08. The van der Waals surface area contributed by atoms with E-state index in [1.807, 2.05) is 0 Å². The van der Waals surface area contributed by atoms with E-state index in [4.69, 9.17) is 5.41 Å². The zero-order chi connectivity index (χ0) is 11.8. The second-order valence-corrected chi connectivity index (χ2v) is 4.48. The summed E-state index contributed by atoms with van der Waals surface area (Å²) in [6, 6.07) is 0. The molecule has 1 saturated heterocycles. The fraction of sp³-hybridized carbons (Fsp3) is 0. The van der Waals surface area contributed by atoms with Crippen molar-refractivity contribution in [1.29, 1.82) is 5.41 Å². The molecule has 3 heterocycles. The van der Waals surface area contributed by atoms with Gasteiger partial charge in [-0.15, -0.1) is 0 Å². The van der Waals surface area contributed by atoms with E-state index < -0.39 is 0 Å². The van der Waals surface area contributed by atoms with Crippen molar-refractivity contribution in [3.63, 3.8) is 0 Å². The lowest BCUT2D eigenvalue weighted by Crippen LogP contribution is -2.18. The van der Waals surface area contributed by atoms with E-state index in [1.54, 1.807) is 18.5 Å². The van der Waals surface area contributed by atoms with Crippen LogP contribution in [0.3, 0.4) is 0 Å². The van der Waals surface area contributed by atoms with E-state index in [1.165, 1.54) is 6.33 Å². The predicted octanol–water partition coefficient (Wildman–Crippen LogP) is 1.10. The molecule has 0 unspecified atom stereocenters. The molecular weight excluding hydrogens is 238 g/mol. The van der Waals surface area contributed by atoms with Crippen LogP contribution < -0.4 is 5.32 Å². The molecule has 0 aromatic carbocycles. The van der Waals surface area contributed by atoms with Gasteiger partial charge in [0.1, 0.15) is 12.0 Å². The molecule has 0 atom stereocenters. The lowest BCUT2D eigenvalue weighted by atomic mass is 10.2. The fourth-order valence-corrected chi connectivity index (χ4v) is 2.28. The minimum Gasteiger partial charge on any atom is -0.345 e. The van der Waals surface area contributed by atoms with Gasteiger partial charge in [-0.05, 0) is 17.8 Å². The first-order valence-electron chi connectivity index (χ1n) is 4.80. The summed E-state index contributed by atoms with van der Waals surface area (Å²) in [5.74, 6) is -0.244. The molecular formula is C10H7N5OS. The number of aromatic amines is 1. The molecule has 1 fully saturated rings. The molecule has 0 spiro atoms. The van der Waals surface area contributed by atoms with Crippen LogP contribution in [0, 0.1) is 5.41 Å². The molecule has 0 radical (unpaired) electrons. The number of nitrogens with zero attached hydrogens (tertiary/aromatic N) is 2. The summed E-state index contributed by atoms with van der Waals surface area (Å²) < 4.78 is 0. The summed E-state index contributed by atoms with van der Waals surface area (Å²) >= 11 is 1.11. The van der Waals surface area contributed by atoms with Crippen LogP contribution in [0.5, 0.6) is 0 Å². The van der Waals surface area contributed by atoms with Crippen LogP contribution in [-0.4, -0.2) is 26.0 Å². The standard InChI is InChI=1S/C10H7N5OS/c11-10-15-9(16)7(17-10)1-5-2-13-8-6(5)3-12-4-14-8/h1-4H,(H2,11,15,16)(H,12,13,14). The SMILES string of the molecule is N=C1NC(=O)C(=Cc2c[nH]c3ncncc23)S1. The number of nitrogens with one attached hydrogen (secondary N) is 3. The Bertz CT molecular complexity index is 660. The van der Waals surface area contributed by atoms with Gasteiger partial charge in [0.05, 0.1) is 4.91 Å². The first-order valence-corrected chi connectivity index (χ1v) is 5.62. The molecule has 17 heavy (non-hydrogen) atoms. The normalized spacial score (nSPS) is 18.0. The summed E-state index contributed by atoms with van der Waals surface area (Å²) in [6.45, 7) is 0. The molecule has 1 aliphatic rings. The lowest BCUT2D eigenvalue weighted by molar-refractivity contribution is -0.115. The fourth-order valence-electron chi connectivity index (χ4n) is 1.58. The van der Waals surface area contributed by atoms with Gasteiger partial charge in [0.2, 0.25) is 0 Å².